The lowest BCUT2D eigenvalue weighted by Gasteiger charge is -2.33. The third kappa shape index (κ3) is 4.06. The van der Waals surface area contributed by atoms with Crippen LogP contribution in [0.5, 0.6) is 5.75 Å². The maximum Gasteiger partial charge on any atom is 0.121 e. The van der Waals surface area contributed by atoms with E-state index in [1.165, 1.54) is 5.56 Å². The fourth-order valence-electron chi connectivity index (χ4n) is 3.16. The standard InChI is InChI=1S/C20H23N3O/c1-24-19-8-7-17(14-21)20(13-19)22-18-9-11-23(12-10-18)15-16-5-3-2-4-6-16/h2-8,13,18,22H,9-12,15H2,1H3. The highest BCUT2D eigenvalue weighted by atomic mass is 16.5. The summed E-state index contributed by atoms with van der Waals surface area (Å²) in [7, 11) is 1.65. The molecule has 1 fully saturated rings. The van der Waals surface area contributed by atoms with Crippen LogP contribution in [0.15, 0.2) is 48.5 Å². The zero-order valence-electron chi connectivity index (χ0n) is 14.0. The molecule has 124 valence electrons. The Kier molecular flexibility index (Phi) is 5.35. The quantitative estimate of drug-likeness (QED) is 0.913. The van der Waals surface area contributed by atoms with E-state index in [0.29, 0.717) is 11.6 Å². The summed E-state index contributed by atoms with van der Waals surface area (Å²) in [6.45, 7) is 3.15. The third-order valence-electron chi connectivity index (χ3n) is 4.54. The van der Waals surface area contributed by atoms with Crippen LogP contribution in [0.1, 0.15) is 24.0 Å². The van der Waals surface area contributed by atoms with E-state index in [1.54, 1.807) is 7.11 Å². The SMILES string of the molecule is COc1ccc(C#N)c(NC2CCN(Cc3ccccc3)CC2)c1. The van der Waals surface area contributed by atoms with Crippen LogP contribution >= 0.6 is 0 Å². The molecule has 3 rings (SSSR count). The first kappa shape index (κ1) is 16.4. The summed E-state index contributed by atoms with van der Waals surface area (Å²) in [4.78, 5) is 2.49. The molecule has 0 spiro atoms. The van der Waals surface area contributed by atoms with Gasteiger partial charge in [0.25, 0.3) is 0 Å². The normalized spacial score (nSPS) is 15.7. The van der Waals surface area contributed by atoms with Crippen LogP contribution in [0.2, 0.25) is 0 Å². The van der Waals surface area contributed by atoms with Crippen LogP contribution in [-0.2, 0) is 6.54 Å². The Labute approximate surface area is 143 Å². The number of methoxy groups -OCH3 is 1. The number of hydrogen-bond acceptors (Lipinski definition) is 4. The number of benzene rings is 2. The number of likely N-dealkylation sites (tertiary alicyclic amines) is 1. The first-order chi connectivity index (χ1) is 11.8. The van der Waals surface area contributed by atoms with Crippen molar-refractivity contribution in [3.63, 3.8) is 0 Å². The Morgan fingerprint density at radius 2 is 1.92 bits per heavy atom. The van der Waals surface area contributed by atoms with E-state index in [-0.39, 0.29) is 0 Å². The first-order valence-electron chi connectivity index (χ1n) is 8.39. The van der Waals surface area contributed by atoms with Crippen molar-refractivity contribution in [1.29, 1.82) is 5.26 Å². The van der Waals surface area contributed by atoms with E-state index in [9.17, 15) is 5.26 Å². The molecule has 24 heavy (non-hydrogen) atoms. The third-order valence-corrected chi connectivity index (χ3v) is 4.54. The first-order valence-corrected chi connectivity index (χ1v) is 8.39. The van der Waals surface area contributed by atoms with E-state index in [1.807, 2.05) is 18.2 Å². The monoisotopic (exact) mass is 321 g/mol. The largest absolute Gasteiger partial charge is 0.497 e. The van der Waals surface area contributed by atoms with Crippen molar-refractivity contribution in [1.82, 2.24) is 4.90 Å². The maximum atomic E-state index is 9.28. The zero-order chi connectivity index (χ0) is 16.8. The molecule has 0 amide bonds. The zero-order valence-corrected chi connectivity index (χ0v) is 14.0. The second kappa shape index (κ2) is 7.85. The van der Waals surface area contributed by atoms with Crippen LogP contribution in [0.3, 0.4) is 0 Å². The second-order valence-corrected chi connectivity index (χ2v) is 6.20. The van der Waals surface area contributed by atoms with Crippen molar-refractivity contribution < 1.29 is 4.74 Å². The lowest BCUT2D eigenvalue weighted by Crippen LogP contribution is -2.38. The van der Waals surface area contributed by atoms with Crippen molar-refractivity contribution in [2.24, 2.45) is 0 Å². The number of hydrogen-bond donors (Lipinski definition) is 1. The minimum Gasteiger partial charge on any atom is -0.497 e. The predicted molar refractivity (Wildman–Crippen MR) is 96.1 cm³/mol. The van der Waals surface area contributed by atoms with Gasteiger partial charge in [-0.05, 0) is 30.5 Å². The average molecular weight is 321 g/mol. The summed E-state index contributed by atoms with van der Waals surface area (Å²) in [5.74, 6) is 0.776. The lowest BCUT2D eigenvalue weighted by atomic mass is 10.0. The van der Waals surface area contributed by atoms with E-state index >= 15 is 0 Å². The van der Waals surface area contributed by atoms with Gasteiger partial charge < -0.3 is 10.1 Å². The lowest BCUT2D eigenvalue weighted by molar-refractivity contribution is 0.211. The van der Waals surface area contributed by atoms with E-state index < -0.39 is 0 Å². The number of nitrogens with zero attached hydrogens (tertiary/aromatic N) is 2. The molecule has 0 aromatic heterocycles. The molecule has 0 atom stereocenters. The topological polar surface area (TPSA) is 48.3 Å². The molecule has 1 N–H and O–H groups in total. The molecule has 4 heteroatoms. The molecule has 1 aliphatic heterocycles. The van der Waals surface area contributed by atoms with Crippen molar-refractivity contribution in [2.75, 3.05) is 25.5 Å². The molecule has 1 saturated heterocycles. The van der Waals surface area contributed by atoms with Gasteiger partial charge in [0, 0.05) is 31.7 Å². The van der Waals surface area contributed by atoms with E-state index in [0.717, 1.165) is 43.9 Å². The Bertz CT molecular complexity index is 701. The summed E-state index contributed by atoms with van der Waals surface area (Å²) in [5.41, 5.74) is 2.91. The van der Waals surface area contributed by atoms with Crippen LogP contribution in [0, 0.1) is 11.3 Å². The van der Waals surface area contributed by atoms with Gasteiger partial charge in [-0.1, -0.05) is 30.3 Å². The van der Waals surface area contributed by atoms with Gasteiger partial charge >= 0.3 is 0 Å². The van der Waals surface area contributed by atoms with Gasteiger partial charge in [0.1, 0.15) is 11.8 Å². The fourth-order valence-corrected chi connectivity index (χ4v) is 3.16. The van der Waals surface area contributed by atoms with Crippen LogP contribution in [0.4, 0.5) is 5.69 Å². The highest BCUT2D eigenvalue weighted by molar-refractivity contribution is 5.60. The smallest absolute Gasteiger partial charge is 0.121 e. The highest BCUT2D eigenvalue weighted by Crippen LogP contribution is 2.25. The Morgan fingerprint density at radius 1 is 1.17 bits per heavy atom. The number of piperidine rings is 1. The number of nitriles is 1. The van der Waals surface area contributed by atoms with E-state index in [2.05, 4.69) is 46.6 Å². The van der Waals surface area contributed by atoms with Gasteiger partial charge in [0.2, 0.25) is 0 Å². The average Bonchev–Trinajstić information content (AvgIpc) is 2.64. The van der Waals surface area contributed by atoms with Gasteiger partial charge in [-0.2, -0.15) is 5.26 Å². The number of nitrogens with one attached hydrogen (secondary N) is 1. The molecule has 0 saturated carbocycles. The summed E-state index contributed by atoms with van der Waals surface area (Å²) < 4.78 is 5.27. The highest BCUT2D eigenvalue weighted by Gasteiger charge is 2.20. The molecule has 0 bridgehead atoms. The maximum absolute atomic E-state index is 9.28. The molecule has 2 aromatic rings. The Hall–Kier alpha value is -2.51. The second-order valence-electron chi connectivity index (χ2n) is 6.20. The molecule has 1 heterocycles. The molecule has 4 nitrogen and oxygen atoms in total. The fraction of sp³-hybridized carbons (Fsp3) is 0.350. The van der Waals surface area contributed by atoms with Gasteiger partial charge in [0.05, 0.1) is 18.4 Å². The predicted octanol–water partition coefficient (Wildman–Crippen LogP) is 3.64. The van der Waals surface area contributed by atoms with Crippen molar-refractivity contribution in [2.45, 2.75) is 25.4 Å². The van der Waals surface area contributed by atoms with Gasteiger partial charge in [-0.15, -0.1) is 0 Å². The van der Waals surface area contributed by atoms with Crippen molar-refractivity contribution >= 4 is 5.69 Å². The molecule has 0 aliphatic carbocycles. The number of rotatable bonds is 5. The van der Waals surface area contributed by atoms with Gasteiger partial charge in [-0.3, -0.25) is 4.90 Å². The van der Waals surface area contributed by atoms with Crippen LogP contribution < -0.4 is 10.1 Å². The molecule has 1 aliphatic rings. The van der Waals surface area contributed by atoms with Gasteiger partial charge in [-0.25, -0.2) is 0 Å². The molecule has 2 aromatic carbocycles. The minimum atomic E-state index is 0.399. The molecule has 0 unspecified atom stereocenters. The molecular formula is C20H23N3O. The number of ether oxygens (including phenoxy) is 1. The minimum absolute atomic E-state index is 0.399. The van der Waals surface area contributed by atoms with Crippen LogP contribution in [-0.4, -0.2) is 31.1 Å². The van der Waals surface area contributed by atoms with Gasteiger partial charge in [0.15, 0.2) is 0 Å². The Morgan fingerprint density at radius 3 is 2.58 bits per heavy atom. The molecule has 0 radical (unpaired) electrons. The van der Waals surface area contributed by atoms with Crippen molar-refractivity contribution in [3.05, 3.63) is 59.7 Å². The number of anilines is 1. The molecular weight excluding hydrogens is 298 g/mol. The van der Waals surface area contributed by atoms with Crippen LogP contribution in [0.25, 0.3) is 0 Å². The summed E-state index contributed by atoms with van der Waals surface area (Å²) in [6.07, 6.45) is 2.16. The summed E-state index contributed by atoms with van der Waals surface area (Å²) >= 11 is 0. The summed E-state index contributed by atoms with van der Waals surface area (Å²) in [6, 6.07) is 18.8. The van der Waals surface area contributed by atoms with E-state index in [4.69, 9.17) is 4.74 Å². The Balaban J connectivity index is 1.57. The summed E-state index contributed by atoms with van der Waals surface area (Å²) in [5, 5.41) is 12.8. The van der Waals surface area contributed by atoms with Crippen molar-refractivity contribution in [3.8, 4) is 11.8 Å².